The number of fused-ring (bicyclic) bond motifs is 1. The topological polar surface area (TPSA) is 101 Å². The largest absolute Gasteiger partial charge is 0.481 e. The van der Waals surface area contributed by atoms with Gasteiger partial charge in [0.25, 0.3) is 11.7 Å². The molecule has 1 N–H and O–H groups in total. The number of carbonyl (C=O) groups excluding carboxylic acids is 1. The fourth-order valence-corrected chi connectivity index (χ4v) is 2.72. The molecule has 1 fully saturated rings. The van der Waals surface area contributed by atoms with Crippen LogP contribution in [-0.2, 0) is 4.79 Å². The van der Waals surface area contributed by atoms with E-state index in [0.29, 0.717) is 23.6 Å². The second-order valence-corrected chi connectivity index (χ2v) is 5.36. The van der Waals surface area contributed by atoms with Crippen molar-refractivity contribution in [1.82, 2.24) is 24.5 Å². The Hall–Kier alpha value is -2.51. The lowest BCUT2D eigenvalue weighted by Crippen LogP contribution is -2.31. The van der Waals surface area contributed by atoms with Crippen molar-refractivity contribution >= 4 is 17.7 Å². The fourth-order valence-electron chi connectivity index (χ4n) is 2.72. The van der Waals surface area contributed by atoms with Crippen LogP contribution in [0.1, 0.15) is 23.0 Å². The van der Waals surface area contributed by atoms with Crippen molar-refractivity contribution in [3.8, 4) is 0 Å². The zero-order chi connectivity index (χ0) is 15.1. The van der Waals surface area contributed by atoms with Crippen LogP contribution in [0.3, 0.4) is 0 Å². The molecule has 21 heavy (non-hydrogen) atoms. The Bertz CT molecular complexity index is 726. The molecular weight excluding hydrogens is 274 g/mol. The molecular formula is C13H15N5O3. The third-order valence-corrected chi connectivity index (χ3v) is 3.99. The van der Waals surface area contributed by atoms with E-state index in [0.717, 1.165) is 0 Å². The van der Waals surface area contributed by atoms with E-state index in [1.165, 1.54) is 17.0 Å². The van der Waals surface area contributed by atoms with Crippen LogP contribution in [0.4, 0.5) is 0 Å². The predicted molar refractivity (Wildman–Crippen MR) is 71.7 cm³/mol. The normalized spacial score (nSPS) is 21.9. The minimum absolute atomic E-state index is 0.0604. The van der Waals surface area contributed by atoms with E-state index in [9.17, 15) is 9.59 Å². The SMILES string of the molecule is Cc1c(C(=O)N2CC(C)C(C(=O)O)C2)cnc2ncnn12. The Kier molecular flexibility index (Phi) is 3.08. The van der Waals surface area contributed by atoms with Crippen LogP contribution in [-0.4, -0.2) is 54.6 Å². The van der Waals surface area contributed by atoms with E-state index in [-0.39, 0.29) is 18.4 Å². The number of rotatable bonds is 2. The molecule has 1 saturated heterocycles. The van der Waals surface area contributed by atoms with Crippen molar-refractivity contribution in [2.45, 2.75) is 13.8 Å². The van der Waals surface area contributed by atoms with Crippen molar-refractivity contribution < 1.29 is 14.7 Å². The molecule has 2 aromatic heterocycles. The number of hydrogen-bond acceptors (Lipinski definition) is 5. The van der Waals surface area contributed by atoms with Crippen LogP contribution in [0.2, 0.25) is 0 Å². The van der Waals surface area contributed by atoms with Gasteiger partial charge in [-0.25, -0.2) is 9.50 Å². The Morgan fingerprint density at radius 2 is 2.10 bits per heavy atom. The average Bonchev–Trinajstić information content (AvgIpc) is 3.05. The standard InChI is InChI=1S/C13H15N5O3/c1-7-4-17(5-10(7)12(20)21)11(19)9-3-14-13-15-6-16-18(13)8(9)2/h3,6-7,10H,4-5H2,1-2H3,(H,20,21). The van der Waals surface area contributed by atoms with Gasteiger partial charge in [0.15, 0.2) is 0 Å². The number of carboxylic acid groups (broad SMARTS) is 1. The number of likely N-dealkylation sites (tertiary alicyclic amines) is 1. The second kappa shape index (κ2) is 4.80. The number of aryl methyl sites for hydroxylation is 1. The van der Waals surface area contributed by atoms with Gasteiger partial charge in [-0.3, -0.25) is 9.59 Å². The molecule has 3 rings (SSSR count). The van der Waals surface area contributed by atoms with E-state index in [2.05, 4.69) is 15.1 Å². The minimum Gasteiger partial charge on any atom is -0.481 e. The molecule has 1 aliphatic rings. The molecule has 1 amide bonds. The minimum atomic E-state index is -0.862. The van der Waals surface area contributed by atoms with Crippen molar-refractivity contribution in [2.75, 3.05) is 13.1 Å². The van der Waals surface area contributed by atoms with Gasteiger partial charge in [0.1, 0.15) is 6.33 Å². The zero-order valence-corrected chi connectivity index (χ0v) is 11.7. The van der Waals surface area contributed by atoms with Gasteiger partial charge in [-0.1, -0.05) is 6.92 Å². The summed E-state index contributed by atoms with van der Waals surface area (Å²) < 4.78 is 1.50. The number of aromatic nitrogens is 4. The summed E-state index contributed by atoms with van der Waals surface area (Å²) in [5.41, 5.74) is 1.07. The molecule has 0 spiro atoms. The smallest absolute Gasteiger partial charge is 0.308 e. The summed E-state index contributed by atoms with van der Waals surface area (Å²) in [5.74, 6) is -1.22. The Labute approximate surface area is 120 Å². The fraction of sp³-hybridized carbons (Fsp3) is 0.462. The van der Waals surface area contributed by atoms with Crippen LogP contribution in [0.5, 0.6) is 0 Å². The molecule has 8 heteroatoms. The first-order chi connectivity index (χ1) is 9.99. The highest BCUT2D eigenvalue weighted by molar-refractivity contribution is 5.95. The summed E-state index contributed by atoms with van der Waals surface area (Å²) in [6, 6.07) is 0. The van der Waals surface area contributed by atoms with Crippen molar-refractivity contribution in [1.29, 1.82) is 0 Å². The van der Waals surface area contributed by atoms with Gasteiger partial charge in [0.2, 0.25) is 0 Å². The molecule has 110 valence electrons. The lowest BCUT2D eigenvalue weighted by Gasteiger charge is -2.17. The predicted octanol–water partition coefficient (Wildman–Crippen LogP) is 0.225. The molecule has 0 bridgehead atoms. The summed E-state index contributed by atoms with van der Waals surface area (Å²) in [6.07, 6.45) is 2.85. The van der Waals surface area contributed by atoms with Gasteiger partial charge in [-0.2, -0.15) is 10.1 Å². The highest BCUT2D eigenvalue weighted by Gasteiger charge is 2.37. The quantitative estimate of drug-likeness (QED) is 0.849. The summed E-state index contributed by atoms with van der Waals surface area (Å²) in [7, 11) is 0. The van der Waals surface area contributed by atoms with Gasteiger partial charge in [0.05, 0.1) is 17.2 Å². The molecule has 0 aliphatic carbocycles. The summed E-state index contributed by atoms with van der Waals surface area (Å²) in [5, 5.41) is 13.2. The van der Waals surface area contributed by atoms with Crippen LogP contribution >= 0.6 is 0 Å². The maximum atomic E-state index is 12.6. The molecule has 2 aromatic rings. The van der Waals surface area contributed by atoms with Gasteiger partial charge < -0.3 is 10.0 Å². The van der Waals surface area contributed by atoms with Gasteiger partial charge >= 0.3 is 5.97 Å². The average molecular weight is 289 g/mol. The van der Waals surface area contributed by atoms with Crippen molar-refractivity contribution in [3.05, 3.63) is 23.8 Å². The highest BCUT2D eigenvalue weighted by Crippen LogP contribution is 2.25. The lowest BCUT2D eigenvalue weighted by molar-refractivity contribution is -0.142. The molecule has 2 atom stereocenters. The Morgan fingerprint density at radius 1 is 1.33 bits per heavy atom. The summed E-state index contributed by atoms with van der Waals surface area (Å²) in [6.45, 7) is 4.28. The zero-order valence-electron chi connectivity index (χ0n) is 11.7. The van der Waals surface area contributed by atoms with Gasteiger partial charge in [0, 0.05) is 19.3 Å². The maximum Gasteiger partial charge on any atom is 0.308 e. The van der Waals surface area contributed by atoms with E-state index < -0.39 is 11.9 Å². The summed E-state index contributed by atoms with van der Waals surface area (Å²) >= 11 is 0. The number of carboxylic acids is 1. The first kappa shape index (κ1) is 13.5. The maximum absolute atomic E-state index is 12.6. The molecule has 3 heterocycles. The molecule has 0 aromatic carbocycles. The third kappa shape index (κ3) is 2.12. The van der Waals surface area contributed by atoms with E-state index in [1.807, 2.05) is 6.92 Å². The van der Waals surface area contributed by atoms with Crippen LogP contribution in [0.25, 0.3) is 5.78 Å². The van der Waals surface area contributed by atoms with E-state index in [4.69, 9.17) is 5.11 Å². The Morgan fingerprint density at radius 3 is 2.76 bits per heavy atom. The number of carbonyl (C=O) groups is 2. The van der Waals surface area contributed by atoms with Crippen LogP contribution < -0.4 is 0 Å². The van der Waals surface area contributed by atoms with E-state index >= 15 is 0 Å². The molecule has 0 radical (unpaired) electrons. The first-order valence-electron chi connectivity index (χ1n) is 6.66. The second-order valence-electron chi connectivity index (χ2n) is 5.36. The van der Waals surface area contributed by atoms with Crippen molar-refractivity contribution in [3.63, 3.8) is 0 Å². The van der Waals surface area contributed by atoms with Gasteiger partial charge in [-0.15, -0.1) is 0 Å². The van der Waals surface area contributed by atoms with Crippen LogP contribution in [0, 0.1) is 18.8 Å². The number of hydrogen-bond donors (Lipinski definition) is 1. The molecule has 0 saturated carbocycles. The molecule has 8 nitrogen and oxygen atoms in total. The van der Waals surface area contributed by atoms with Gasteiger partial charge in [-0.05, 0) is 12.8 Å². The highest BCUT2D eigenvalue weighted by atomic mass is 16.4. The summed E-state index contributed by atoms with van der Waals surface area (Å²) in [4.78, 5) is 33.4. The first-order valence-corrected chi connectivity index (χ1v) is 6.66. The number of aliphatic carboxylic acids is 1. The molecule has 1 aliphatic heterocycles. The monoisotopic (exact) mass is 289 g/mol. The van der Waals surface area contributed by atoms with Crippen molar-refractivity contribution in [2.24, 2.45) is 11.8 Å². The number of amides is 1. The van der Waals surface area contributed by atoms with Crippen LogP contribution in [0.15, 0.2) is 12.5 Å². The van der Waals surface area contributed by atoms with E-state index in [1.54, 1.807) is 11.8 Å². The lowest BCUT2D eigenvalue weighted by atomic mass is 9.99. The molecule has 2 unspecified atom stereocenters. The Balaban J connectivity index is 1.91. The number of nitrogens with zero attached hydrogens (tertiary/aromatic N) is 5. The third-order valence-electron chi connectivity index (χ3n) is 3.99.